The van der Waals surface area contributed by atoms with Gasteiger partial charge in [-0.1, -0.05) is 6.07 Å². The molecule has 1 aromatic carbocycles. The molecule has 17 heavy (non-hydrogen) atoms. The van der Waals surface area contributed by atoms with Crippen LogP contribution in [0.5, 0.6) is 11.5 Å². The summed E-state index contributed by atoms with van der Waals surface area (Å²) in [6, 6.07) is 6.01. The van der Waals surface area contributed by atoms with E-state index < -0.39 is 0 Å². The van der Waals surface area contributed by atoms with Crippen molar-refractivity contribution in [2.45, 2.75) is 19.4 Å². The van der Waals surface area contributed by atoms with E-state index in [0.29, 0.717) is 0 Å². The number of nitrogens with one attached hydrogen (secondary N) is 1. The highest BCUT2D eigenvalue weighted by Crippen LogP contribution is 2.29. The first-order valence-electron chi connectivity index (χ1n) is 5.61. The first kappa shape index (κ1) is 13.4. The predicted octanol–water partition coefficient (Wildman–Crippen LogP) is 2.38. The quantitative estimate of drug-likeness (QED) is 0.604. The Morgan fingerprint density at radius 1 is 1.35 bits per heavy atom. The first-order valence-corrected chi connectivity index (χ1v) is 5.61. The van der Waals surface area contributed by atoms with Crippen LogP contribution in [0.4, 0.5) is 0 Å². The van der Waals surface area contributed by atoms with Crippen molar-refractivity contribution in [1.29, 1.82) is 0 Å². The Morgan fingerprint density at radius 2 is 2.12 bits per heavy atom. The van der Waals surface area contributed by atoms with Crippen LogP contribution in [0.25, 0.3) is 0 Å². The lowest BCUT2D eigenvalue weighted by molar-refractivity contribution is 0.386. The SMILES string of the molecule is C#CCCNC(C)c1ccc(OC)cc1OC. The Bertz CT molecular complexity index is 396. The van der Waals surface area contributed by atoms with Crippen LogP contribution in [-0.4, -0.2) is 20.8 Å². The van der Waals surface area contributed by atoms with Gasteiger partial charge in [0.15, 0.2) is 0 Å². The van der Waals surface area contributed by atoms with Gasteiger partial charge in [-0.15, -0.1) is 12.3 Å². The van der Waals surface area contributed by atoms with Gasteiger partial charge >= 0.3 is 0 Å². The predicted molar refractivity (Wildman–Crippen MR) is 69.4 cm³/mol. The third-order valence-electron chi connectivity index (χ3n) is 2.63. The fourth-order valence-corrected chi connectivity index (χ4v) is 1.65. The molecule has 1 N–H and O–H groups in total. The van der Waals surface area contributed by atoms with Crippen LogP contribution in [0.3, 0.4) is 0 Å². The van der Waals surface area contributed by atoms with Crippen molar-refractivity contribution in [2.24, 2.45) is 0 Å². The molecule has 0 amide bonds. The minimum absolute atomic E-state index is 0.198. The highest BCUT2D eigenvalue weighted by molar-refractivity contribution is 5.42. The minimum Gasteiger partial charge on any atom is -0.497 e. The molecule has 0 aliphatic rings. The van der Waals surface area contributed by atoms with Gasteiger partial charge in [-0.05, 0) is 13.0 Å². The molecule has 92 valence electrons. The molecule has 0 fully saturated rings. The summed E-state index contributed by atoms with van der Waals surface area (Å²) in [6.07, 6.45) is 5.94. The maximum absolute atomic E-state index is 5.35. The van der Waals surface area contributed by atoms with Gasteiger partial charge in [0.05, 0.1) is 14.2 Å². The van der Waals surface area contributed by atoms with Crippen molar-refractivity contribution in [3.63, 3.8) is 0 Å². The molecule has 0 spiro atoms. The molecular weight excluding hydrogens is 214 g/mol. The molecule has 1 aromatic rings. The fraction of sp³-hybridized carbons (Fsp3) is 0.429. The van der Waals surface area contributed by atoms with Gasteiger partial charge in [-0.2, -0.15) is 0 Å². The summed E-state index contributed by atoms with van der Waals surface area (Å²) in [5, 5.41) is 3.35. The second kappa shape index (κ2) is 6.82. The lowest BCUT2D eigenvalue weighted by atomic mass is 10.1. The van der Waals surface area contributed by atoms with E-state index in [2.05, 4.69) is 18.2 Å². The molecule has 0 saturated heterocycles. The molecule has 0 saturated carbocycles. The van der Waals surface area contributed by atoms with Crippen LogP contribution < -0.4 is 14.8 Å². The lowest BCUT2D eigenvalue weighted by Crippen LogP contribution is -2.20. The summed E-state index contributed by atoms with van der Waals surface area (Å²) >= 11 is 0. The van der Waals surface area contributed by atoms with Gasteiger partial charge in [0, 0.05) is 30.6 Å². The Hall–Kier alpha value is -1.66. The van der Waals surface area contributed by atoms with Crippen molar-refractivity contribution >= 4 is 0 Å². The van der Waals surface area contributed by atoms with Crippen LogP contribution in [0.1, 0.15) is 24.9 Å². The molecule has 0 bridgehead atoms. The second-order valence-corrected chi connectivity index (χ2v) is 3.74. The Kier molecular flexibility index (Phi) is 5.38. The first-order chi connectivity index (χ1) is 8.22. The molecule has 0 aliphatic carbocycles. The molecule has 0 radical (unpaired) electrons. The lowest BCUT2D eigenvalue weighted by Gasteiger charge is -2.17. The Labute approximate surface area is 103 Å². The van der Waals surface area contributed by atoms with E-state index in [9.17, 15) is 0 Å². The summed E-state index contributed by atoms with van der Waals surface area (Å²) in [4.78, 5) is 0. The van der Waals surface area contributed by atoms with Gasteiger partial charge < -0.3 is 14.8 Å². The van der Waals surface area contributed by atoms with E-state index >= 15 is 0 Å². The van der Waals surface area contributed by atoms with E-state index in [1.807, 2.05) is 18.2 Å². The number of hydrogen-bond acceptors (Lipinski definition) is 3. The van der Waals surface area contributed by atoms with Crippen molar-refractivity contribution in [3.8, 4) is 23.8 Å². The van der Waals surface area contributed by atoms with Crippen molar-refractivity contribution < 1.29 is 9.47 Å². The van der Waals surface area contributed by atoms with E-state index in [0.717, 1.165) is 30.0 Å². The normalized spacial score (nSPS) is 11.6. The van der Waals surface area contributed by atoms with Crippen molar-refractivity contribution in [3.05, 3.63) is 23.8 Å². The summed E-state index contributed by atoms with van der Waals surface area (Å²) in [5.74, 6) is 4.22. The zero-order valence-corrected chi connectivity index (χ0v) is 10.6. The van der Waals surface area contributed by atoms with Crippen LogP contribution in [0.15, 0.2) is 18.2 Å². The van der Waals surface area contributed by atoms with Crippen LogP contribution in [0, 0.1) is 12.3 Å². The molecule has 0 aliphatic heterocycles. The molecule has 0 aromatic heterocycles. The minimum atomic E-state index is 0.198. The van der Waals surface area contributed by atoms with Gasteiger partial charge in [-0.25, -0.2) is 0 Å². The monoisotopic (exact) mass is 233 g/mol. The number of terminal acetylenes is 1. The maximum Gasteiger partial charge on any atom is 0.127 e. The molecule has 0 heterocycles. The molecular formula is C14H19NO2. The molecule has 3 heteroatoms. The van der Waals surface area contributed by atoms with Gasteiger partial charge in [0.25, 0.3) is 0 Å². The Morgan fingerprint density at radius 3 is 2.71 bits per heavy atom. The number of rotatable bonds is 6. The van der Waals surface area contributed by atoms with Crippen LogP contribution >= 0.6 is 0 Å². The van der Waals surface area contributed by atoms with Gasteiger partial charge in [0.2, 0.25) is 0 Å². The van der Waals surface area contributed by atoms with Crippen LogP contribution in [-0.2, 0) is 0 Å². The molecule has 1 atom stereocenters. The van der Waals surface area contributed by atoms with E-state index in [4.69, 9.17) is 15.9 Å². The highest BCUT2D eigenvalue weighted by atomic mass is 16.5. The Balaban J connectivity index is 2.78. The van der Waals surface area contributed by atoms with Crippen LogP contribution in [0.2, 0.25) is 0 Å². The number of ether oxygens (including phenoxy) is 2. The molecule has 3 nitrogen and oxygen atoms in total. The number of benzene rings is 1. The molecule has 1 unspecified atom stereocenters. The average molecular weight is 233 g/mol. The maximum atomic E-state index is 5.35. The third-order valence-corrected chi connectivity index (χ3v) is 2.63. The third kappa shape index (κ3) is 3.69. The largest absolute Gasteiger partial charge is 0.497 e. The van der Waals surface area contributed by atoms with E-state index in [1.165, 1.54) is 0 Å². The zero-order valence-electron chi connectivity index (χ0n) is 10.6. The number of methoxy groups -OCH3 is 2. The summed E-state index contributed by atoms with van der Waals surface area (Å²) in [6.45, 7) is 2.88. The zero-order chi connectivity index (χ0) is 12.7. The fourth-order valence-electron chi connectivity index (χ4n) is 1.65. The topological polar surface area (TPSA) is 30.5 Å². The van der Waals surface area contributed by atoms with Crippen molar-refractivity contribution in [2.75, 3.05) is 20.8 Å². The van der Waals surface area contributed by atoms with Gasteiger partial charge in [-0.3, -0.25) is 0 Å². The summed E-state index contributed by atoms with van der Waals surface area (Å²) < 4.78 is 10.5. The summed E-state index contributed by atoms with van der Waals surface area (Å²) in [5.41, 5.74) is 1.10. The molecule has 1 rings (SSSR count). The number of hydrogen-bond donors (Lipinski definition) is 1. The van der Waals surface area contributed by atoms with Crippen molar-refractivity contribution in [1.82, 2.24) is 5.32 Å². The standard InChI is InChI=1S/C14H19NO2/c1-5-6-9-15-11(2)13-8-7-12(16-3)10-14(13)17-4/h1,7-8,10-11,15H,6,9H2,2-4H3. The summed E-state index contributed by atoms with van der Waals surface area (Å²) in [7, 11) is 3.30. The van der Waals surface area contributed by atoms with E-state index in [-0.39, 0.29) is 6.04 Å². The van der Waals surface area contributed by atoms with E-state index in [1.54, 1.807) is 14.2 Å². The van der Waals surface area contributed by atoms with Gasteiger partial charge in [0.1, 0.15) is 11.5 Å². The highest BCUT2D eigenvalue weighted by Gasteiger charge is 2.11. The average Bonchev–Trinajstić information content (AvgIpc) is 2.38. The second-order valence-electron chi connectivity index (χ2n) is 3.74. The smallest absolute Gasteiger partial charge is 0.127 e.